The maximum absolute atomic E-state index is 11.2. The lowest BCUT2D eigenvalue weighted by Crippen LogP contribution is -2.19. The van der Waals surface area contributed by atoms with Crippen LogP contribution in [0.15, 0.2) is 28.8 Å². The minimum atomic E-state index is -0.793. The van der Waals surface area contributed by atoms with Crippen LogP contribution in [0.4, 0.5) is 0 Å². The maximum atomic E-state index is 11.2. The molecule has 2 aliphatic carbocycles. The number of carboxylic acid groups (broad SMARTS) is 1. The van der Waals surface area contributed by atoms with E-state index >= 15 is 0 Å². The van der Waals surface area contributed by atoms with E-state index in [0.29, 0.717) is 11.7 Å². The Bertz CT molecular complexity index is 735. The fraction of sp³-hybridized carbons (Fsp3) is 0.438. The van der Waals surface area contributed by atoms with Gasteiger partial charge in [0.15, 0.2) is 5.82 Å². The average molecular weight is 284 g/mol. The van der Waals surface area contributed by atoms with Crippen LogP contribution in [0.2, 0.25) is 0 Å². The molecule has 21 heavy (non-hydrogen) atoms. The largest absolute Gasteiger partial charge is 0.481 e. The number of aliphatic carboxylic acids is 1. The van der Waals surface area contributed by atoms with Crippen molar-refractivity contribution in [3.63, 3.8) is 0 Å². The molecule has 3 unspecified atom stereocenters. The summed E-state index contributed by atoms with van der Waals surface area (Å²) >= 11 is 0. The molecule has 4 rings (SSSR count). The molecule has 1 aromatic heterocycles. The maximum Gasteiger partial charge on any atom is 0.307 e. The van der Waals surface area contributed by atoms with Gasteiger partial charge in [0.2, 0.25) is 5.89 Å². The molecule has 1 saturated carbocycles. The van der Waals surface area contributed by atoms with Crippen molar-refractivity contribution in [3.05, 3.63) is 47.1 Å². The summed E-state index contributed by atoms with van der Waals surface area (Å²) in [6, 6.07) is 8.23. The number of hydrogen-bond acceptors (Lipinski definition) is 4. The van der Waals surface area contributed by atoms with Crippen LogP contribution >= 0.6 is 0 Å². The molecule has 5 heteroatoms. The first-order valence-corrected chi connectivity index (χ1v) is 7.14. The molecule has 5 nitrogen and oxygen atoms in total. The van der Waals surface area contributed by atoms with E-state index in [0.717, 1.165) is 6.42 Å². The topological polar surface area (TPSA) is 76.2 Å². The molecular weight excluding hydrogens is 268 g/mol. The third-order valence-electron chi connectivity index (χ3n) is 4.98. The van der Waals surface area contributed by atoms with E-state index in [1.807, 2.05) is 26.0 Å². The van der Waals surface area contributed by atoms with E-state index in [4.69, 9.17) is 4.52 Å². The summed E-state index contributed by atoms with van der Waals surface area (Å²) in [7, 11) is 0. The van der Waals surface area contributed by atoms with Gasteiger partial charge >= 0.3 is 5.97 Å². The van der Waals surface area contributed by atoms with Crippen LogP contribution in [-0.2, 0) is 11.2 Å². The van der Waals surface area contributed by atoms with E-state index in [1.165, 1.54) is 11.1 Å². The zero-order chi connectivity index (χ0) is 14.8. The zero-order valence-corrected chi connectivity index (χ0v) is 11.9. The first kappa shape index (κ1) is 12.6. The second-order valence-electron chi connectivity index (χ2n) is 6.56. The molecule has 0 bridgehead atoms. The molecule has 1 fully saturated rings. The molecule has 108 valence electrons. The summed E-state index contributed by atoms with van der Waals surface area (Å²) in [4.78, 5) is 15.7. The van der Waals surface area contributed by atoms with Gasteiger partial charge < -0.3 is 9.63 Å². The molecule has 1 heterocycles. The second-order valence-corrected chi connectivity index (χ2v) is 6.56. The Labute approximate surface area is 122 Å². The zero-order valence-electron chi connectivity index (χ0n) is 11.9. The van der Waals surface area contributed by atoms with Crippen molar-refractivity contribution < 1.29 is 14.4 Å². The van der Waals surface area contributed by atoms with E-state index in [2.05, 4.69) is 22.3 Å². The highest BCUT2D eigenvalue weighted by molar-refractivity contribution is 5.77. The molecule has 3 atom stereocenters. The fourth-order valence-electron chi connectivity index (χ4n) is 3.56. The van der Waals surface area contributed by atoms with Crippen LogP contribution in [-0.4, -0.2) is 21.2 Å². The number of rotatable bonds is 3. The fourth-order valence-corrected chi connectivity index (χ4v) is 3.56. The average Bonchev–Trinajstić information content (AvgIpc) is 2.77. The molecule has 0 aliphatic heterocycles. The summed E-state index contributed by atoms with van der Waals surface area (Å²) < 4.78 is 5.35. The standard InChI is InChI=1S/C16H16N2O3/c1-16(2)11(12(16)15(19)20)14-17-13(18-21-14)10-7-8-5-3-4-6-9(8)10/h3-6,10-12H,7H2,1-2H3,(H,19,20). The molecule has 2 aliphatic rings. The quantitative estimate of drug-likeness (QED) is 0.937. The Hall–Kier alpha value is -2.17. The number of fused-ring (bicyclic) bond motifs is 1. The molecule has 1 N–H and O–H groups in total. The Morgan fingerprint density at radius 2 is 2.14 bits per heavy atom. The van der Waals surface area contributed by atoms with Gasteiger partial charge in [0.05, 0.1) is 17.8 Å². The highest BCUT2D eigenvalue weighted by Gasteiger charge is 2.65. The van der Waals surface area contributed by atoms with Gasteiger partial charge in [0, 0.05) is 0 Å². The van der Waals surface area contributed by atoms with E-state index in [-0.39, 0.29) is 17.3 Å². The van der Waals surface area contributed by atoms with Crippen LogP contribution in [0.1, 0.15) is 48.5 Å². The Morgan fingerprint density at radius 3 is 2.81 bits per heavy atom. The highest BCUT2D eigenvalue weighted by atomic mass is 16.5. The Morgan fingerprint density at radius 1 is 1.38 bits per heavy atom. The number of carboxylic acids is 1. The van der Waals surface area contributed by atoms with Crippen molar-refractivity contribution in [2.75, 3.05) is 0 Å². The Balaban J connectivity index is 1.60. The van der Waals surface area contributed by atoms with Gasteiger partial charge in [0.25, 0.3) is 0 Å². The van der Waals surface area contributed by atoms with E-state index in [1.54, 1.807) is 0 Å². The van der Waals surface area contributed by atoms with E-state index < -0.39 is 11.9 Å². The van der Waals surface area contributed by atoms with Crippen LogP contribution in [0.3, 0.4) is 0 Å². The second kappa shape index (κ2) is 3.93. The number of benzene rings is 1. The minimum absolute atomic E-state index is 0.174. The lowest BCUT2D eigenvalue weighted by molar-refractivity contribution is -0.139. The predicted molar refractivity (Wildman–Crippen MR) is 73.9 cm³/mol. The highest BCUT2D eigenvalue weighted by Crippen LogP contribution is 2.64. The van der Waals surface area contributed by atoms with Gasteiger partial charge in [-0.2, -0.15) is 4.98 Å². The molecule has 0 saturated heterocycles. The molecule has 1 aromatic carbocycles. The van der Waals surface area contributed by atoms with Gasteiger partial charge in [-0.05, 0) is 23.0 Å². The molecule has 2 aromatic rings. The lowest BCUT2D eigenvalue weighted by Gasteiger charge is -2.27. The van der Waals surface area contributed by atoms with Crippen LogP contribution in [0.25, 0.3) is 0 Å². The van der Waals surface area contributed by atoms with Crippen molar-refractivity contribution in [2.45, 2.75) is 32.1 Å². The van der Waals surface area contributed by atoms with Gasteiger partial charge in [-0.3, -0.25) is 4.79 Å². The summed E-state index contributed by atoms with van der Waals surface area (Å²) in [5.74, 6) is -0.0732. The SMILES string of the molecule is CC1(C)C(C(=O)O)C1c1nc(C2Cc3ccccc32)no1. The number of carbonyl (C=O) groups is 1. The van der Waals surface area contributed by atoms with Gasteiger partial charge in [0.1, 0.15) is 0 Å². The van der Waals surface area contributed by atoms with Crippen molar-refractivity contribution in [1.29, 1.82) is 0 Å². The number of aromatic nitrogens is 2. The van der Waals surface area contributed by atoms with Gasteiger partial charge in [-0.15, -0.1) is 0 Å². The van der Waals surface area contributed by atoms with Crippen molar-refractivity contribution in [2.24, 2.45) is 11.3 Å². The number of nitrogens with zero attached hydrogens (tertiary/aromatic N) is 2. The lowest BCUT2D eigenvalue weighted by atomic mass is 9.77. The van der Waals surface area contributed by atoms with Crippen LogP contribution in [0.5, 0.6) is 0 Å². The first-order valence-electron chi connectivity index (χ1n) is 7.14. The predicted octanol–water partition coefficient (Wildman–Crippen LogP) is 2.58. The smallest absolute Gasteiger partial charge is 0.307 e. The van der Waals surface area contributed by atoms with Crippen LogP contribution in [0, 0.1) is 11.3 Å². The van der Waals surface area contributed by atoms with Crippen LogP contribution < -0.4 is 0 Å². The first-order chi connectivity index (χ1) is 10.00. The van der Waals surface area contributed by atoms with Crippen molar-refractivity contribution >= 4 is 5.97 Å². The number of hydrogen-bond donors (Lipinski definition) is 1. The summed E-state index contributed by atoms with van der Waals surface area (Å²) in [6.45, 7) is 3.86. The third kappa shape index (κ3) is 1.66. The molecular formula is C16H16N2O3. The Kier molecular flexibility index (Phi) is 2.35. The molecule has 0 radical (unpaired) electrons. The van der Waals surface area contributed by atoms with Gasteiger partial charge in [-0.25, -0.2) is 0 Å². The summed E-state index contributed by atoms with van der Waals surface area (Å²) in [5, 5.41) is 13.3. The van der Waals surface area contributed by atoms with Crippen molar-refractivity contribution in [3.8, 4) is 0 Å². The van der Waals surface area contributed by atoms with Crippen molar-refractivity contribution in [1.82, 2.24) is 10.1 Å². The third-order valence-corrected chi connectivity index (χ3v) is 4.98. The summed E-state index contributed by atoms with van der Waals surface area (Å²) in [6.07, 6.45) is 0.922. The van der Waals surface area contributed by atoms with Gasteiger partial charge in [-0.1, -0.05) is 43.3 Å². The molecule has 0 amide bonds. The minimum Gasteiger partial charge on any atom is -0.481 e. The normalized spacial score (nSPS) is 28.6. The molecule has 0 spiro atoms. The monoisotopic (exact) mass is 284 g/mol. The summed E-state index contributed by atoms with van der Waals surface area (Å²) in [5.41, 5.74) is 2.26. The van der Waals surface area contributed by atoms with E-state index in [9.17, 15) is 9.90 Å².